The average molecular weight is 1190 g/mol. The van der Waals surface area contributed by atoms with Crippen molar-refractivity contribution in [1.29, 1.82) is 0 Å². The molecule has 0 bridgehead atoms. The molecule has 0 unspecified atom stereocenters. The molecule has 9 aromatic carbocycles. The van der Waals surface area contributed by atoms with Crippen molar-refractivity contribution in [2.45, 2.75) is 59.3 Å². The minimum atomic E-state index is -0.438. The summed E-state index contributed by atoms with van der Waals surface area (Å²) in [5, 5.41) is 4.39. The molecule has 7 heteroatoms. The van der Waals surface area contributed by atoms with E-state index in [9.17, 15) is 0 Å². The molecular weight excluding hydrogens is 1130 g/mol. The van der Waals surface area contributed by atoms with Gasteiger partial charge in [0.05, 0.1) is 6.85 Å². The van der Waals surface area contributed by atoms with Gasteiger partial charge in [0.15, 0.2) is 0 Å². The van der Waals surface area contributed by atoms with E-state index in [1.165, 1.54) is 31.3 Å². The van der Waals surface area contributed by atoms with Gasteiger partial charge in [-0.15, -0.1) is 53.3 Å². The Hall–Kier alpha value is -7.76. The summed E-state index contributed by atoms with van der Waals surface area (Å²) in [6.45, 7) is 17.6. The molecule has 3 aromatic heterocycles. The Labute approximate surface area is 471 Å². The largest absolute Gasteiger partial charge is 0.509 e. The molecule has 1 aliphatic heterocycles. The SMILES string of the molecule is [2H]c1c([2H])c([2H])c(-c2cnc(-n3c4[c-]c(Oc5[c-]c(N6[CH-]N(c7cc(C(C)(C)C)cc(C(C)(C)C)c7)c7ccccc76)ccc5)c(-c5ccccc5-c5ccc6c(c5)sc5ccccc56)cc4c4ccccc43)cc2C)c([2H])c1[2H].[Pt]. The van der Waals surface area contributed by atoms with Crippen LogP contribution in [0, 0.1) is 25.7 Å². The monoisotopic (exact) mass is 1190 g/mol. The summed E-state index contributed by atoms with van der Waals surface area (Å²) < 4.78 is 54.3. The van der Waals surface area contributed by atoms with Crippen LogP contribution >= 0.6 is 11.3 Å². The summed E-state index contributed by atoms with van der Waals surface area (Å²) in [7, 11) is 0. The van der Waals surface area contributed by atoms with Crippen LogP contribution in [0.4, 0.5) is 22.7 Å². The van der Waals surface area contributed by atoms with Crippen LogP contribution in [0.3, 0.4) is 0 Å². The van der Waals surface area contributed by atoms with Gasteiger partial charge in [-0.25, -0.2) is 4.98 Å². The number of rotatable bonds is 8. The number of hydrogen-bond donors (Lipinski definition) is 0. The van der Waals surface area contributed by atoms with E-state index in [1.54, 1.807) is 17.5 Å². The first kappa shape index (κ1) is 43.5. The molecule has 0 radical (unpaired) electrons. The molecule has 1 aliphatic rings. The molecule has 5 nitrogen and oxygen atoms in total. The Kier molecular flexibility index (Phi) is 10.9. The van der Waals surface area contributed by atoms with Gasteiger partial charge >= 0.3 is 0 Å². The Morgan fingerprint density at radius 3 is 1.99 bits per heavy atom. The van der Waals surface area contributed by atoms with Gasteiger partial charge in [0.1, 0.15) is 5.82 Å². The fourth-order valence-electron chi connectivity index (χ4n) is 10.5. The van der Waals surface area contributed by atoms with Crippen LogP contribution in [0.2, 0.25) is 0 Å². The molecule has 0 N–H and O–H groups in total. The number of aryl methyl sites for hydroxylation is 1. The molecule has 13 rings (SSSR count). The van der Waals surface area contributed by atoms with E-state index in [0.717, 1.165) is 66.8 Å². The second-order valence-corrected chi connectivity index (χ2v) is 22.5. The summed E-state index contributed by atoms with van der Waals surface area (Å²) in [5.41, 5.74) is 13.2. The zero-order valence-corrected chi connectivity index (χ0v) is 46.3. The molecule has 0 saturated heterocycles. The minimum absolute atomic E-state index is 0. The van der Waals surface area contributed by atoms with Crippen LogP contribution in [-0.4, -0.2) is 9.55 Å². The second-order valence-electron chi connectivity index (χ2n) is 21.5. The Morgan fingerprint density at radius 1 is 0.566 bits per heavy atom. The molecule has 76 heavy (non-hydrogen) atoms. The van der Waals surface area contributed by atoms with Gasteiger partial charge < -0.3 is 19.1 Å². The van der Waals surface area contributed by atoms with Crippen molar-refractivity contribution < 1.29 is 32.7 Å². The van der Waals surface area contributed by atoms with Gasteiger partial charge in [-0.2, -0.15) is 12.1 Å². The van der Waals surface area contributed by atoms with Crippen molar-refractivity contribution in [2.75, 3.05) is 9.80 Å². The Balaban J connectivity index is 0.00000651. The summed E-state index contributed by atoms with van der Waals surface area (Å²) in [6.07, 6.45) is 1.61. The van der Waals surface area contributed by atoms with Crippen molar-refractivity contribution in [2.24, 2.45) is 0 Å². The first-order valence-electron chi connectivity index (χ1n) is 27.8. The van der Waals surface area contributed by atoms with Crippen molar-refractivity contribution >= 4 is 76.1 Å². The number of pyridine rings is 1. The van der Waals surface area contributed by atoms with Crippen molar-refractivity contribution in [1.82, 2.24) is 9.55 Å². The number of fused-ring (bicyclic) bond motifs is 7. The molecule has 0 atom stereocenters. The van der Waals surface area contributed by atoms with E-state index in [4.69, 9.17) is 16.6 Å². The number of para-hydroxylation sites is 3. The standard InChI is InChI=1S/C69H55N4OS.Pt/c1-44-34-67(70-42-59(44)45-20-9-8-10-21-45)73-60-28-15-13-26-54(60)57-40-58(53-25-12-11-24-52(53)46-32-33-56-55-27-14-18-31-65(55)75-66(56)35-46)64(41-63(57)73)74-51-23-19-22-49(39-51)71-43-72(62-30-17-16-29-61(62)71)50-37-47(68(2,3)4)36-48(38-50)69(5,6)7;/h8-38,40,42-43H,1-7H3;/q-3;/i8D,9D,10D,20D,21D;. The smallest absolute Gasteiger partial charge is 0.135 e. The maximum Gasteiger partial charge on any atom is 0.135 e. The Morgan fingerprint density at radius 2 is 1.24 bits per heavy atom. The van der Waals surface area contributed by atoms with E-state index in [2.05, 4.69) is 208 Å². The number of hydrogen-bond acceptors (Lipinski definition) is 5. The summed E-state index contributed by atoms with van der Waals surface area (Å²) in [6, 6.07) is 63.3. The number of aromatic nitrogens is 2. The first-order valence-corrected chi connectivity index (χ1v) is 26.2. The van der Waals surface area contributed by atoms with Gasteiger partial charge in [0.25, 0.3) is 0 Å². The van der Waals surface area contributed by atoms with E-state index in [-0.39, 0.29) is 49.5 Å². The normalized spacial score (nSPS) is 13.6. The third-order valence-corrected chi connectivity index (χ3v) is 15.6. The van der Waals surface area contributed by atoms with E-state index in [0.29, 0.717) is 28.4 Å². The maximum atomic E-state index is 8.77. The molecule has 12 aromatic rings. The van der Waals surface area contributed by atoms with E-state index in [1.807, 2.05) is 37.3 Å². The summed E-state index contributed by atoms with van der Waals surface area (Å²) in [4.78, 5) is 9.45. The molecule has 376 valence electrons. The minimum Gasteiger partial charge on any atom is -0.509 e. The first-order chi connectivity index (χ1) is 38.4. The molecule has 4 heterocycles. The third-order valence-electron chi connectivity index (χ3n) is 14.5. The van der Waals surface area contributed by atoms with Gasteiger partial charge in [-0.1, -0.05) is 179 Å². The van der Waals surface area contributed by atoms with Crippen LogP contribution in [0.15, 0.2) is 200 Å². The quantitative estimate of drug-likeness (QED) is 0.142. The average Bonchev–Trinajstić information content (AvgIpc) is 4.37. The number of nitrogens with zero attached hydrogens (tertiary/aromatic N) is 4. The van der Waals surface area contributed by atoms with Crippen molar-refractivity contribution in [3.05, 3.63) is 236 Å². The number of anilines is 4. The predicted octanol–water partition coefficient (Wildman–Crippen LogP) is 19.3. The van der Waals surface area contributed by atoms with E-state index < -0.39 is 18.1 Å². The Bertz CT molecular complexity index is 4460. The van der Waals surface area contributed by atoms with Crippen LogP contribution in [-0.2, 0) is 31.9 Å². The number of benzene rings is 9. The second kappa shape index (κ2) is 19.1. The van der Waals surface area contributed by atoms with Crippen molar-refractivity contribution in [3.63, 3.8) is 0 Å². The number of thiophene rings is 1. The fraction of sp³-hybridized carbons (Fsp3) is 0.130. The molecule has 0 spiro atoms. The van der Waals surface area contributed by atoms with E-state index >= 15 is 0 Å². The maximum absolute atomic E-state index is 8.77. The van der Waals surface area contributed by atoms with Crippen LogP contribution in [0.25, 0.3) is 81.2 Å². The molecule has 0 aliphatic carbocycles. The molecular formula is C69H55N4OPtS-3. The van der Waals surface area contributed by atoms with Gasteiger partial charge in [-0.3, -0.25) is 0 Å². The molecule has 0 amide bonds. The van der Waals surface area contributed by atoms with Crippen LogP contribution in [0.5, 0.6) is 11.5 Å². The predicted molar refractivity (Wildman–Crippen MR) is 316 cm³/mol. The van der Waals surface area contributed by atoms with Gasteiger partial charge in [-0.05, 0) is 105 Å². The summed E-state index contributed by atoms with van der Waals surface area (Å²) >= 11 is 1.80. The molecule has 0 fully saturated rings. The number of ether oxygens (including phenoxy) is 1. The topological polar surface area (TPSA) is 33.5 Å². The van der Waals surface area contributed by atoms with Crippen molar-refractivity contribution in [3.8, 4) is 50.7 Å². The zero-order valence-electron chi connectivity index (χ0n) is 48.2. The molecule has 0 saturated carbocycles. The fourth-order valence-corrected chi connectivity index (χ4v) is 11.6. The van der Waals surface area contributed by atoms with Gasteiger partial charge in [0.2, 0.25) is 0 Å². The van der Waals surface area contributed by atoms with Gasteiger partial charge in [0, 0.05) is 87.1 Å². The summed E-state index contributed by atoms with van der Waals surface area (Å²) in [5.74, 6) is 1.55. The van der Waals surface area contributed by atoms with Crippen LogP contribution < -0.4 is 14.5 Å². The zero-order chi connectivity index (χ0) is 55.5. The third kappa shape index (κ3) is 8.68. The van der Waals surface area contributed by atoms with Crippen LogP contribution in [0.1, 0.15) is 65.1 Å².